The molecule has 0 bridgehead atoms. The molecule has 0 N–H and O–H groups in total. The molecule has 0 aliphatic rings. The summed E-state index contributed by atoms with van der Waals surface area (Å²) in [7, 11) is 1.69. The smallest absolute Gasteiger partial charge is 0.339 e. The fraction of sp³-hybridized carbons (Fsp3) is 0.273. The Bertz CT molecular complexity index is 1200. The second-order valence-corrected chi connectivity index (χ2v) is 9.14. The minimum Gasteiger partial charge on any atom is -0.452 e. The summed E-state index contributed by atoms with van der Waals surface area (Å²) in [6.07, 6.45) is 1.63. The number of fused-ring (bicyclic) bond motifs is 1. The first-order valence-corrected chi connectivity index (χ1v) is 11.6. The molecule has 0 radical (unpaired) electrons. The number of hydrogen-bond acceptors (Lipinski definition) is 7. The molecule has 0 unspecified atom stereocenters. The lowest BCUT2D eigenvalue weighted by atomic mass is 10.1. The van der Waals surface area contributed by atoms with E-state index in [2.05, 4.69) is 5.10 Å². The molecule has 160 valence electrons. The number of esters is 1. The summed E-state index contributed by atoms with van der Waals surface area (Å²) in [5.41, 5.74) is 2.70. The van der Waals surface area contributed by atoms with Gasteiger partial charge in [0.05, 0.1) is 27.7 Å². The maximum Gasteiger partial charge on any atom is 0.339 e. The highest BCUT2D eigenvalue weighted by Gasteiger charge is 2.21. The average Bonchev–Trinajstić information content (AvgIpc) is 3.52. The molecule has 0 saturated carbocycles. The highest BCUT2D eigenvalue weighted by Crippen LogP contribution is 2.29. The number of carbonyl (C=O) groups is 2. The van der Waals surface area contributed by atoms with Crippen LogP contribution >= 0.6 is 22.7 Å². The molecule has 4 aromatic heterocycles. The molecule has 0 aromatic carbocycles. The summed E-state index contributed by atoms with van der Waals surface area (Å²) >= 11 is 3.12. The van der Waals surface area contributed by atoms with E-state index in [-0.39, 0.29) is 18.6 Å². The molecule has 0 saturated heterocycles. The number of nitrogens with zero attached hydrogens (tertiary/aromatic N) is 4. The van der Waals surface area contributed by atoms with E-state index >= 15 is 0 Å². The van der Waals surface area contributed by atoms with E-state index in [9.17, 15) is 9.59 Å². The third-order valence-electron chi connectivity index (χ3n) is 4.80. The summed E-state index contributed by atoms with van der Waals surface area (Å²) in [4.78, 5) is 32.6. The van der Waals surface area contributed by atoms with Crippen LogP contribution in [0.1, 0.15) is 35.8 Å². The van der Waals surface area contributed by atoms with E-state index in [1.54, 1.807) is 51.6 Å². The zero-order chi connectivity index (χ0) is 22.0. The van der Waals surface area contributed by atoms with Gasteiger partial charge in [-0.05, 0) is 53.8 Å². The number of thiophene rings is 2. The van der Waals surface area contributed by atoms with Gasteiger partial charge in [0.1, 0.15) is 0 Å². The molecule has 31 heavy (non-hydrogen) atoms. The van der Waals surface area contributed by atoms with Crippen LogP contribution in [0.3, 0.4) is 0 Å². The fourth-order valence-corrected chi connectivity index (χ4v) is 4.52. The zero-order valence-electron chi connectivity index (χ0n) is 17.4. The monoisotopic (exact) mass is 454 g/mol. The molecule has 0 aliphatic carbocycles. The molecule has 4 aromatic rings. The van der Waals surface area contributed by atoms with Gasteiger partial charge in [0, 0.05) is 19.6 Å². The Balaban J connectivity index is 1.57. The van der Waals surface area contributed by atoms with Gasteiger partial charge < -0.3 is 9.64 Å². The number of ether oxygens (including phenoxy) is 1. The first-order valence-electron chi connectivity index (χ1n) is 9.78. The number of rotatable bonds is 7. The fourth-order valence-electron chi connectivity index (χ4n) is 3.18. The molecule has 4 heterocycles. The van der Waals surface area contributed by atoms with Crippen LogP contribution in [0, 0.1) is 0 Å². The van der Waals surface area contributed by atoms with E-state index in [0.717, 1.165) is 10.4 Å². The predicted molar refractivity (Wildman–Crippen MR) is 122 cm³/mol. The van der Waals surface area contributed by atoms with Gasteiger partial charge in [0.15, 0.2) is 12.3 Å². The Morgan fingerprint density at radius 2 is 2.10 bits per heavy atom. The van der Waals surface area contributed by atoms with Gasteiger partial charge >= 0.3 is 5.97 Å². The molecule has 7 nitrogen and oxygen atoms in total. The normalized spacial score (nSPS) is 11.2. The minimum absolute atomic E-state index is 0.0831. The summed E-state index contributed by atoms with van der Waals surface area (Å²) in [5.74, 6) is -0.827. The standard InChI is InChI=1S/C22H22N4O3S2/c1-14(2)26-21-17(10-23-26)16(9-18(24-21)19-5-4-7-31-19)22(28)29-12-20(27)25(3)11-15-6-8-30-13-15/h4-10,13-14H,11-12H2,1-3H3. The Kier molecular flexibility index (Phi) is 6.15. The van der Waals surface area contributed by atoms with Crippen LogP contribution in [0.15, 0.2) is 46.6 Å². The lowest BCUT2D eigenvalue weighted by Gasteiger charge is -2.16. The van der Waals surface area contributed by atoms with Crippen molar-refractivity contribution in [3.8, 4) is 10.6 Å². The summed E-state index contributed by atoms with van der Waals surface area (Å²) in [6.45, 7) is 4.16. The number of aromatic nitrogens is 3. The molecule has 0 atom stereocenters. The first-order chi connectivity index (χ1) is 14.9. The number of hydrogen-bond donors (Lipinski definition) is 0. The maximum absolute atomic E-state index is 13.0. The predicted octanol–water partition coefficient (Wildman–Crippen LogP) is 4.62. The van der Waals surface area contributed by atoms with E-state index < -0.39 is 5.97 Å². The van der Waals surface area contributed by atoms with Gasteiger partial charge in [-0.25, -0.2) is 14.5 Å². The number of amides is 1. The topological polar surface area (TPSA) is 77.3 Å². The van der Waals surface area contributed by atoms with Crippen molar-refractivity contribution in [1.82, 2.24) is 19.7 Å². The molecule has 9 heteroatoms. The Hall–Kier alpha value is -3.04. The summed E-state index contributed by atoms with van der Waals surface area (Å²) in [5, 5.41) is 10.9. The number of pyridine rings is 1. The second-order valence-electron chi connectivity index (χ2n) is 7.41. The molecule has 0 spiro atoms. The highest BCUT2D eigenvalue weighted by atomic mass is 32.1. The van der Waals surface area contributed by atoms with Gasteiger partial charge in [-0.2, -0.15) is 16.4 Å². The van der Waals surface area contributed by atoms with Gasteiger partial charge in [0.2, 0.25) is 0 Å². The summed E-state index contributed by atoms with van der Waals surface area (Å²) in [6, 6.07) is 7.65. The van der Waals surface area contributed by atoms with Crippen LogP contribution in [0.4, 0.5) is 0 Å². The Morgan fingerprint density at radius 3 is 2.77 bits per heavy atom. The molecule has 1 amide bonds. The second kappa shape index (κ2) is 8.99. The van der Waals surface area contributed by atoms with E-state index in [1.807, 2.05) is 48.2 Å². The molecule has 0 fully saturated rings. The Morgan fingerprint density at radius 1 is 1.26 bits per heavy atom. The quantitative estimate of drug-likeness (QED) is 0.381. The average molecular weight is 455 g/mol. The van der Waals surface area contributed by atoms with Crippen molar-refractivity contribution in [3.05, 3.63) is 57.7 Å². The van der Waals surface area contributed by atoms with Crippen molar-refractivity contribution in [1.29, 1.82) is 0 Å². The van der Waals surface area contributed by atoms with Crippen molar-refractivity contribution in [2.24, 2.45) is 0 Å². The third kappa shape index (κ3) is 4.52. The van der Waals surface area contributed by atoms with Gasteiger partial charge in [-0.1, -0.05) is 6.07 Å². The van der Waals surface area contributed by atoms with Gasteiger partial charge in [-0.3, -0.25) is 4.79 Å². The van der Waals surface area contributed by atoms with Crippen LogP contribution in [0.25, 0.3) is 21.6 Å². The minimum atomic E-state index is -0.564. The van der Waals surface area contributed by atoms with Crippen molar-refractivity contribution in [3.63, 3.8) is 0 Å². The van der Waals surface area contributed by atoms with Gasteiger partial charge in [0.25, 0.3) is 5.91 Å². The van der Waals surface area contributed by atoms with Crippen LogP contribution < -0.4 is 0 Å². The van der Waals surface area contributed by atoms with E-state index in [4.69, 9.17) is 9.72 Å². The van der Waals surface area contributed by atoms with Crippen LogP contribution in [-0.4, -0.2) is 45.2 Å². The van der Waals surface area contributed by atoms with Crippen LogP contribution in [-0.2, 0) is 16.1 Å². The van der Waals surface area contributed by atoms with Crippen LogP contribution in [0.2, 0.25) is 0 Å². The Labute approximate surface area is 187 Å². The van der Waals surface area contributed by atoms with Crippen molar-refractivity contribution >= 4 is 45.6 Å². The molecular formula is C22H22N4O3S2. The summed E-state index contributed by atoms with van der Waals surface area (Å²) < 4.78 is 7.17. The van der Waals surface area contributed by atoms with Crippen LogP contribution in [0.5, 0.6) is 0 Å². The van der Waals surface area contributed by atoms with Crippen molar-refractivity contribution < 1.29 is 14.3 Å². The van der Waals surface area contributed by atoms with Crippen molar-refractivity contribution in [2.45, 2.75) is 26.4 Å². The SMILES string of the molecule is CC(C)n1ncc2c(C(=O)OCC(=O)N(C)Cc3ccsc3)cc(-c3cccs3)nc21. The third-order valence-corrected chi connectivity index (χ3v) is 6.43. The molecule has 0 aliphatic heterocycles. The lowest BCUT2D eigenvalue weighted by Crippen LogP contribution is -2.30. The lowest BCUT2D eigenvalue weighted by molar-refractivity contribution is -0.133. The first kappa shape index (κ1) is 21.2. The zero-order valence-corrected chi connectivity index (χ0v) is 19.1. The number of carbonyl (C=O) groups excluding carboxylic acids is 2. The van der Waals surface area contributed by atoms with E-state index in [1.165, 1.54) is 0 Å². The maximum atomic E-state index is 13.0. The molecular weight excluding hydrogens is 432 g/mol. The van der Waals surface area contributed by atoms with E-state index in [0.29, 0.717) is 28.8 Å². The highest BCUT2D eigenvalue weighted by molar-refractivity contribution is 7.13. The number of likely N-dealkylation sites (N-methyl/N-ethyl adjacent to an activating group) is 1. The molecule has 4 rings (SSSR count). The largest absolute Gasteiger partial charge is 0.452 e. The van der Waals surface area contributed by atoms with Crippen molar-refractivity contribution in [2.75, 3.05) is 13.7 Å². The van der Waals surface area contributed by atoms with Gasteiger partial charge in [-0.15, -0.1) is 11.3 Å².